The van der Waals surface area contributed by atoms with Gasteiger partial charge in [-0.05, 0) is 25.2 Å². The first-order valence-electron chi connectivity index (χ1n) is 7.43. The van der Waals surface area contributed by atoms with Gasteiger partial charge < -0.3 is 15.4 Å². The largest absolute Gasteiger partial charge is 0.463 e. The van der Waals surface area contributed by atoms with Crippen molar-refractivity contribution >= 4 is 11.9 Å². The minimum atomic E-state index is 0.373. The minimum absolute atomic E-state index is 0.373. The van der Waals surface area contributed by atoms with Crippen molar-refractivity contribution in [2.24, 2.45) is 11.8 Å². The maximum Gasteiger partial charge on any atom is 0.323 e. The van der Waals surface area contributed by atoms with Crippen molar-refractivity contribution in [3.05, 3.63) is 0 Å². The van der Waals surface area contributed by atoms with Crippen molar-refractivity contribution in [3.63, 3.8) is 0 Å². The SMILES string of the molecule is CCCOc1nc(NCC)nc(NCC(C)C(C)C)n1. The predicted molar refractivity (Wildman–Crippen MR) is 82.3 cm³/mol. The second-order valence-electron chi connectivity index (χ2n) is 5.25. The second-order valence-corrected chi connectivity index (χ2v) is 5.25. The quantitative estimate of drug-likeness (QED) is 0.725. The molecule has 0 saturated heterocycles. The summed E-state index contributed by atoms with van der Waals surface area (Å²) in [5.74, 6) is 2.28. The first-order chi connectivity index (χ1) is 9.56. The normalized spacial score (nSPS) is 12.3. The van der Waals surface area contributed by atoms with Crippen LogP contribution in [0.4, 0.5) is 11.9 Å². The van der Waals surface area contributed by atoms with Crippen LogP contribution in [0.1, 0.15) is 41.0 Å². The fraction of sp³-hybridized carbons (Fsp3) is 0.786. The van der Waals surface area contributed by atoms with Crippen molar-refractivity contribution in [1.82, 2.24) is 15.0 Å². The van der Waals surface area contributed by atoms with Gasteiger partial charge in [-0.3, -0.25) is 0 Å². The average molecular weight is 281 g/mol. The number of ether oxygens (including phenoxy) is 1. The minimum Gasteiger partial charge on any atom is -0.463 e. The molecule has 1 atom stereocenters. The molecule has 0 aromatic carbocycles. The van der Waals surface area contributed by atoms with Crippen LogP contribution in [0, 0.1) is 11.8 Å². The smallest absolute Gasteiger partial charge is 0.323 e. The Hall–Kier alpha value is -1.59. The van der Waals surface area contributed by atoms with Gasteiger partial charge in [-0.2, -0.15) is 15.0 Å². The van der Waals surface area contributed by atoms with E-state index in [0.717, 1.165) is 19.5 Å². The highest BCUT2D eigenvalue weighted by atomic mass is 16.5. The molecule has 0 spiro atoms. The van der Waals surface area contributed by atoms with Crippen LogP contribution in [0.25, 0.3) is 0 Å². The fourth-order valence-corrected chi connectivity index (χ4v) is 1.42. The molecule has 1 unspecified atom stereocenters. The monoisotopic (exact) mass is 281 g/mol. The summed E-state index contributed by atoms with van der Waals surface area (Å²) in [7, 11) is 0. The van der Waals surface area contributed by atoms with Crippen molar-refractivity contribution in [2.45, 2.75) is 41.0 Å². The summed E-state index contributed by atoms with van der Waals surface area (Å²) in [6, 6.07) is 0.373. The number of hydrogen-bond donors (Lipinski definition) is 2. The lowest BCUT2D eigenvalue weighted by molar-refractivity contribution is 0.292. The van der Waals surface area contributed by atoms with Gasteiger partial charge in [0.2, 0.25) is 11.9 Å². The molecule has 0 aliphatic carbocycles. The summed E-state index contributed by atoms with van der Waals surface area (Å²) in [6.07, 6.45) is 0.926. The number of hydrogen-bond acceptors (Lipinski definition) is 6. The highest BCUT2D eigenvalue weighted by molar-refractivity contribution is 5.35. The van der Waals surface area contributed by atoms with Crippen LogP contribution in [-0.4, -0.2) is 34.6 Å². The Morgan fingerprint density at radius 3 is 2.20 bits per heavy atom. The Morgan fingerprint density at radius 1 is 1.00 bits per heavy atom. The molecule has 0 aliphatic rings. The van der Waals surface area contributed by atoms with Gasteiger partial charge in [-0.25, -0.2) is 0 Å². The first kappa shape index (κ1) is 16.5. The molecular weight excluding hydrogens is 254 g/mol. The van der Waals surface area contributed by atoms with Gasteiger partial charge in [-0.15, -0.1) is 0 Å². The summed E-state index contributed by atoms with van der Waals surface area (Å²) in [6.45, 7) is 12.9. The van der Waals surface area contributed by atoms with Crippen molar-refractivity contribution in [2.75, 3.05) is 30.3 Å². The number of nitrogens with zero attached hydrogens (tertiary/aromatic N) is 3. The molecule has 20 heavy (non-hydrogen) atoms. The highest BCUT2D eigenvalue weighted by Crippen LogP contribution is 2.14. The molecule has 2 N–H and O–H groups in total. The van der Waals surface area contributed by atoms with E-state index in [2.05, 4.69) is 53.3 Å². The lowest BCUT2D eigenvalue weighted by atomic mass is 9.98. The third-order valence-electron chi connectivity index (χ3n) is 3.11. The number of anilines is 2. The van der Waals surface area contributed by atoms with Crippen molar-refractivity contribution < 1.29 is 4.74 Å². The average Bonchev–Trinajstić information content (AvgIpc) is 2.42. The molecule has 1 rings (SSSR count). The summed E-state index contributed by atoms with van der Waals surface area (Å²) in [5, 5.41) is 6.35. The van der Waals surface area contributed by atoms with E-state index in [-0.39, 0.29) is 0 Å². The van der Waals surface area contributed by atoms with E-state index >= 15 is 0 Å². The van der Waals surface area contributed by atoms with E-state index < -0.39 is 0 Å². The van der Waals surface area contributed by atoms with E-state index in [0.29, 0.717) is 36.3 Å². The summed E-state index contributed by atoms with van der Waals surface area (Å²) in [5.41, 5.74) is 0. The Labute approximate surface area is 121 Å². The topological polar surface area (TPSA) is 72.0 Å². The van der Waals surface area contributed by atoms with Gasteiger partial charge >= 0.3 is 6.01 Å². The molecule has 0 aliphatic heterocycles. The van der Waals surface area contributed by atoms with Gasteiger partial charge in [0.05, 0.1) is 6.61 Å². The van der Waals surface area contributed by atoms with Gasteiger partial charge in [0.1, 0.15) is 0 Å². The van der Waals surface area contributed by atoms with Crippen LogP contribution in [0.3, 0.4) is 0 Å². The molecule has 1 aromatic rings. The molecule has 114 valence electrons. The molecule has 0 amide bonds. The lowest BCUT2D eigenvalue weighted by Gasteiger charge is -2.16. The standard InChI is InChI=1S/C14H27N5O/c1-6-8-20-14-18-12(15-7-2)17-13(19-14)16-9-11(5)10(3)4/h10-11H,6-9H2,1-5H3,(H2,15,16,17,18,19). The molecule has 6 nitrogen and oxygen atoms in total. The van der Waals surface area contributed by atoms with Gasteiger partial charge in [0, 0.05) is 13.1 Å². The van der Waals surface area contributed by atoms with Gasteiger partial charge in [0.25, 0.3) is 0 Å². The van der Waals surface area contributed by atoms with Crippen LogP contribution >= 0.6 is 0 Å². The van der Waals surface area contributed by atoms with E-state index in [1.807, 2.05) is 6.92 Å². The number of nitrogens with one attached hydrogen (secondary N) is 2. The maximum absolute atomic E-state index is 5.49. The van der Waals surface area contributed by atoms with Crippen LogP contribution in [0.5, 0.6) is 6.01 Å². The summed E-state index contributed by atoms with van der Waals surface area (Å²) in [4.78, 5) is 12.9. The molecule has 6 heteroatoms. The van der Waals surface area contributed by atoms with E-state index in [9.17, 15) is 0 Å². The third kappa shape index (κ3) is 5.59. The number of rotatable bonds is 9. The molecule has 1 heterocycles. The zero-order valence-corrected chi connectivity index (χ0v) is 13.2. The molecule has 0 bridgehead atoms. The Kier molecular flexibility index (Phi) is 7.04. The third-order valence-corrected chi connectivity index (χ3v) is 3.11. The Balaban J connectivity index is 2.74. The van der Waals surface area contributed by atoms with E-state index in [4.69, 9.17) is 4.74 Å². The van der Waals surface area contributed by atoms with Crippen LogP contribution in [-0.2, 0) is 0 Å². The maximum atomic E-state index is 5.49. The van der Waals surface area contributed by atoms with Gasteiger partial charge in [-0.1, -0.05) is 27.7 Å². The summed E-state index contributed by atoms with van der Waals surface area (Å²) < 4.78 is 5.49. The fourth-order valence-electron chi connectivity index (χ4n) is 1.42. The van der Waals surface area contributed by atoms with Crippen LogP contribution in [0.15, 0.2) is 0 Å². The Bertz CT molecular complexity index is 397. The van der Waals surface area contributed by atoms with E-state index in [1.54, 1.807) is 0 Å². The molecule has 0 saturated carbocycles. The highest BCUT2D eigenvalue weighted by Gasteiger charge is 2.10. The van der Waals surface area contributed by atoms with Gasteiger partial charge in [0.15, 0.2) is 0 Å². The molecule has 0 fully saturated rings. The second kappa shape index (κ2) is 8.55. The zero-order valence-electron chi connectivity index (χ0n) is 13.2. The summed E-state index contributed by atoms with van der Waals surface area (Å²) >= 11 is 0. The molecule has 1 aromatic heterocycles. The van der Waals surface area contributed by atoms with Crippen molar-refractivity contribution in [3.8, 4) is 6.01 Å². The van der Waals surface area contributed by atoms with Crippen LogP contribution < -0.4 is 15.4 Å². The predicted octanol–water partition coefficient (Wildman–Crippen LogP) is 2.80. The van der Waals surface area contributed by atoms with E-state index in [1.165, 1.54) is 0 Å². The zero-order chi connectivity index (χ0) is 15.0. The Morgan fingerprint density at radius 2 is 1.65 bits per heavy atom. The molecular formula is C14H27N5O. The first-order valence-corrected chi connectivity index (χ1v) is 7.43. The number of aromatic nitrogens is 3. The van der Waals surface area contributed by atoms with Crippen molar-refractivity contribution in [1.29, 1.82) is 0 Å². The van der Waals surface area contributed by atoms with Crippen LogP contribution in [0.2, 0.25) is 0 Å². The lowest BCUT2D eigenvalue weighted by Crippen LogP contribution is -2.18. The molecule has 0 radical (unpaired) electrons.